The molecule has 0 bridgehead atoms. The van der Waals surface area contributed by atoms with Gasteiger partial charge in [-0.1, -0.05) is 13.8 Å². The highest BCUT2D eigenvalue weighted by Crippen LogP contribution is 2.29. The van der Waals surface area contributed by atoms with Crippen molar-refractivity contribution in [3.63, 3.8) is 0 Å². The van der Waals surface area contributed by atoms with Crippen LogP contribution < -0.4 is 0 Å². The largest absolute Gasteiger partial charge is 0.349 e. The highest BCUT2D eigenvalue weighted by molar-refractivity contribution is 4.85. The lowest BCUT2D eigenvalue weighted by molar-refractivity contribution is 0.0120. The van der Waals surface area contributed by atoms with E-state index in [1.807, 2.05) is 0 Å². The fraction of sp³-hybridized carbons (Fsp3) is 1.00. The Labute approximate surface area is 62.5 Å². The van der Waals surface area contributed by atoms with Crippen LogP contribution in [0.15, 0.2) is 0 Å². The van der Waals surface area contributed by atoms with Gasteiger partial charge in [-0.15, -0.1) is 0 Å². The monoisotopic (exact) mass is 144 g/mol. The standard InChI is InChI=1S/C8H16O2/c1-6(2)7-8(3,4)10-5-9-7/h6-7H,5H2,1-4H3. The van der Waals surface area contributed by atoms with Gasteiger partial charge in [0.1, 0.15) is 6.79 Å². The van der Waals surface area contributed by atoms with Crippen LogP contribution in [0.25, 0.3) is 0 Å². The van der Waals surface area contributed by atoms with Crippen molar-refractivity contribution in [2.45, 2.75) is 39.4 Å². The average Bonchev–Trinajstić information content (AvgIpc) is 2.08. The molecule has 0 spiro atoms. The van der Waals surface area contributed by atoms with Crippen LogP contribution >= 0.6 is 0 Å². The first-order chi connectivity index (χ1) is 4.54. The lowest BCUT2D eigenvalue weighted by Gasteiger charge is -2.26. The third-order valence-electron chi connectivity index (χ3n) is 1.97. The van der Waals surface area contributed by atoms with E-state index in [1.165, 1.54) is 0 Å². The summed E-state index contributed by atoms with van der Waals surface area (Å²) < 4.78 is 10.8. The van der Waals surface area contributed by atoms with Crippen molar-refractivity contribution in [3.05, 3.63) is 0 Å². The Morgan fingerprint density at radius 3 is 2.20 bits per heavy atom. The quantitative estimate of drug-likeness (QED) is 0.558. The molecule has 0 aromatic heterocycles. The molecule has 1 fully saturated rings. The first kappa shape index (κ1) is 8.02. The van der Waals surface area contributed by atoms with Gasteiger partial charge < -0.3 is 9.47 Å². The van der Waals surface area contributed by atoms with Crippen LogP contribution in [-0.4, -0.2) is 18.5 Å². The van der Waals surface area contributed by atoms with E-state index in [-0.39, 0.29) is 11.7 Å². The highest BCUT2D eigenvalue weighted by atomic mass is 16.7. The molecular weight excluding hydrogens is 128 g/mol. The Hall–Kier alpha value is -0.0800. The van der Waals surface area contributed by atoms with Gasteiger partial charge in [-0.25, -0.2) is 0 Å². The second-order valence-corrected chi connectivity index (χ2v) is 3.70. The van der Waals surface area contributed by atoms with E-state index in [1.54, 1.807) is 0 Å². The summed E-state index contributed by atoms with van der Waals surface area (Å²) in [4.78, 5) is 0. The van der Waals surface area contributed by atoms with Crippen molar-refractivity contribution in [2.75, 3.05) is 6.79 Å². The molecule has 1 heterocycles. The summed E-state index contributed by atoms with van der Waals surface area (Å²) in [5.41, 5.74) is -0.0891. The lowest BCUT2D eigenvalue weighted by Crippen LogP contribution is -2.36. The molecule has 0 aromatic carbocycles. The van der Waals surface area contributed by atoms with Crippen molar-refractivity contribution >= 4 is 0 Å². The summed E-state index contributed by atoms with van der Waals surface area (Å²) in [7, 11) is 0. The number of ether oxygens (including phenoxy) is 2. The van der Waals surface area contributed by atoms with Crippen LogP contribution in [0.1, 0.15) is 27.7 Å². The normalized spacial score (nSPS) is 31.5. The molecular formula is C8H16O2. The summed E-state index contributed by atoms with van der Waals surface area (Å²) >= 11 is 0. The molecule has 2 nitrogen and oxygen atoms in total. The zero-order valence-electron chi connectivity index (χ0n) is 7.18. The van der Waals surface area contributed by atoms with Gasteiger partial charge in [-0.3, -0.25) is 0 Å². The Morgan fingerprint density at radius 2 is 2.00 bits per heavy atom. The molecule has 1 aliphatic rings. The molecule has 1 aliphatic heterocycles. The molecule has 10 heavy (non-hydrogen) atoms. The molecule has 0 aliphatic carbocycles. The smallest absolute Gasteiger partial charge is 0.148 e. The van der Waals surface area contributed by atoms with Crippen molar-refractivity contribution in [1.82, 2.24) is 0 Å². The second kappa shape index (κ2) is 2.51. The lowest BCUT2D eigenvalue weighted by atomic mass is 9.93. The molecule has 1 unspecified atom stereocenters. The first-order valence-electron chi connectivity index (χ1n) is 3.79. The van der Waals surface area contributed by atoms with E-state index in [0.717, 1.165) is 0 Å². The van der Waals surface area contributed by atoms with Crippen molar-refractivity contribution in [2.24, 2.45) is 5.92 Å². The molecule has 1 rings (SSSR count). The second-order valence-electron chi connectivity index (χ2n) is 3.70. The molecule has 0 saturated carbocycles. The maximum absolute atomic E-state index is 5.41. The van der Waals surface area contributed by atoms with E-state index < -0.39 is 0 Å². The van der Waals surface area contributed by atoms with Gasteiger partial charge in [-0.2, -0.15) is 0 Å². The number of rotatable bonds is 1. The Morgan fingerprint density at radius 1 is 1.40 bits per heavy atom. The van der Waals surface area contributed by atoms with Crippen LogP contribution in [0, 0.1) is 5.92 Å². The van der Waals surface area contributed by atoms with Crippen molar-refractivity contribution in [3.8, 4) is 0 Å². The summed E-state index contributed by atoms with van der Waals surface area (Å²) in [5.74, 6) is 0.539. The summed E-state index contributed by atoms with van der Waals surface area (Å²) in [6.45, 7) is 8.91. The van der Waals surface area contributed by atoms with Gasteiger partial charge in [0, 0.05) is 0 Å². The van der Waals surface area contributed by atoms with Gasteiger partial charge >= 0.3 is 0 Å². The Balaban J connectivity index is 2.59. The van der Waals surface area contributed by atoms with Gasteiger partial charge in [0.2, 0.25) is 0 Å². The maximum Gasteiger partial charge on any atom is 0.148 e. The zero-order valence-corrected chi connectivity index (χ0v) is 7.18. The Kier molecular flexibility index (Phi) is 2.02. The molecule has 0 amide bonds. The SMILES string of the molecule is CC(C)C1OCOC1(C)C. The average molecular weight is 144 g/mol. The van der Waals surface area contributed by atoms with Crippen LogP contribution in [0.4, 0.5) is 0 Å². The van der Waals surface area contributed by atoms with Crippen LogP contribution in [-0.2, 0) is 9.47 Å². The van der Waals surface area contributed by atoms with E-state index in [9.17, 15) is 0 Å². The predicted molar refractivity (Wildman–Crippen MR) is 39.7 cm³/mol. The minimum atomic E-state index is -0.0891. The molecule has 0 radical (unpaired) electrons. The fourth-order valence-corrected chi connectivity index (χ4v) is 1.54. The third-order valence-corrected chi connectivity index (χ3v) is 1.97. The highest BCUT2D eigenvalue weighted by Gasteiger charge is 2.38. The Bertz CT molecular complexity index is 118. The molecule has 1 saturated heterocycles. The maximum atomic E-state index is 5.41. The molecule has 2 heteroatoms. The van der Waals surface area contributed by atoms with E-state index >= 15 is 0 Å². The first-order valence-corrected chi connectivity index (χ1v) is 3.79. The number of hydrogen-bond donors (Lipinski definition) is 0. The van der Waals surface area contributed by atoms with Gasteiger partial charge in [0.05, 0.1) is 11.7 Å². The summed E-state index contributed by atoms with van der Waals surface area (Å²) in [6, 6.07) is 0. The molecule has 0 N–H and O–H groups in total. The zero-order chi connectivity index (χ0) is 7.78. The molecule has 0 aromatic rings. The van der Waals surface area contributed by atoms with Crippen LogP contribution in [0.2, 0.25) is 0 Å². The van der Waals surface area contributed by atoms with Crippen LogP contribution in [0.5, 0.6) is 0 Å². The van der Waals surface area contributed by atoms with Crippen molar-refractivity contribution in [1.29, 1.82) is 0 Å². The van der Waals surface area contributed by atoms with Crippen LogP contribution in [0.3, 0.4) is 0 Å². The fourth-order valence-electron chi connectivity index (χ4n) is 1.54. The van der Waals surface area contributed by atoms with E-state index in [0.29, 0.717) is 12.7 Å². The minimum Gasteiger partial charge on any atom is -0.349 e. The number of hydrogen-bond acceptors (Lipinski definition) is 2. The van der Waals surface area contributed by atoms with E-state index in [2.05, 4.69) is 27.7 Å². The molecule has 60 valence electrons. The van der Waals surface area contributed by atoms with E-state index in [4.69, 9.17) is 9.47 Å². The predicted octanol–water partition coefficient (Wildman–Crippen LogP) is 1.79. The summed E-state index contributed by atoms with van der Waals surface area (Å²) in [6.07, 6.45) is 0.257. The van der Waals surface area contributed by atoms with Gasteiger partial charge in [-0.05, 0) is 19.8 Å². The van der Waals surface area contributed by atoms with Gasteiger partial charge in [0.25, 0.3) is 0 Å². The van der Waals surface area contributed by atoms with Gasteiger partial charge in [0.15, 0.2) is 0 Å². The summed E-state index contributed by atoms with van der Waals surface area (Å²) in [5, 5.41) is 0. The van der Waals surface area contributed by atoms with Crippen molar-refractivity contribution < 1.29 is 9.47 Å². The molecule has 1 atom stereocenters. The third kappa shape index (κ3) is 1.32. The topological polar surface area (TPSA) is 18.5 Å². The minimum absolute atomic E-state index is 0.0891.